The molecule has 1 N–H and O–H groups in total. The minimum absolute atomic E-state index is 0.0675. The molecule has 8 heteroatoms. The van der Waals surface area contributed by atoms with Crippen molar-refractivity contribution in [1.82, 2.24) is 19.6 Å². The number of ether oxygens (including phenoxy) is 1. The third-order valence-corrected chi connectivity index (χ3v) is 7.00. The van der Waals surface area contributed by atoms with Crippen molar-refractivity contribution in [2.45, 2.75) is 40.2 Å². The van der Waals surface area contributed by atoms with Crippen LogP contribution in [0.3, 0.4) is 0 Å². The Morgan fingerprint density at radius 2 is 1.79 bits per heavy atom. The molecule has 3 aromatic rings. The van der Waals surface area contributed by atoms with E-state index in [1.165, 1.54) is 0 Å². The number of rotatable bonds is 11. The smallest absolute Gasteiger partial charge is 0.295 e. The van der Waals surface area contributed by atoms with Gasteiger partial charge in [-0.05, 0) is 56.3 Å². The second-order valence-corrected chi connectivity index (χ2v) is 9.33. The number of nitrogens with zero attached hydrogens (tertiary/aromatic N) is 4. The number of aliphatic hydroxyl groups excluding tert-OH is 1. The fourth-order valence-electron chi connectivity index (χ4n) is 4.86. The highest BCUT2D eigenvalue weighted by molar-refractivity contribution is 6.46. The van der Waals surface area contributed by atoms with Crippen LogP contribution in [0.4, 0.5) is 0 Å². The molecule has 0 bridgehead atoms. The predicted molar refractivity (Wildman–Crippen MR) is 147 cm³/mol. The summed E-state index contributed by atoms with van der Waals surface area (Å²) in [5, 5.41) is 16.0. The Morgan fingerprint density at radius 3 is 2.47 bits per heavy atom. The second-order valence-electron chi connectivity index (χ2n) is 9.33. The van der Waals surface area contributed by atoms with E-state index >= 15 is 0 Å². The number of para-hydroxylation sites is 1. The van der Waals surface area contributed by atoms with Crippen LogP contribution in [0.25, 0.3) is 11.4 Å². The second kappa shape index (κ2) is 12.1. The fourth-order valence-corrected chi connectivity index (χ4v) is 4.86. The van der Waals surface area contributed by atoms with Gasteiger partial charge >= 0.3 is 0 Å². The molecule has 0 saturated carbocycles. The molecule has 2 aromatic carbocycles. The van der Waals surface area contributed by atoms with Gasteiger partial charge in [0.2, 0.25) is 0 Å². The van der Waals surface area contributed by atoms with Crippen molar-refractivity contribution < 1.29 is 19.4 Å². The van der Waals surface area contributed by atoms with Gasteiger partial charge in [-0.15, -0.1) is 0 Å². The number of aromatic nitrogens is 2. The quantitative estimate of drug-likeness (QED) is 0.225. The molecule has 2 heterocycles. The highest BCUT2D eigenvalue weighted by Gasteiger charge is 2.46. The minimum Gasteiger partial charge on any atom is -0.507 e. The van der Waals surface area contributed by atoms with E-state index in [4.69, 9.17) is 4.74 Å². The predicted octanol–water partition coefficient (Wildman–Crippen LogP) is 4.73. The summed E-state index contributed by atoms with van der Waals surface area (Å²) in [6.07, 6.45) is 2.40. The largest absolute Gasteiger partial charge is 0.507 e. The zero-order valence-corrected chi connectivity index (χ0v) is 22.6. The number of carbonyl (C=O) groups is 2. The van der Waals surface area contributed by atoms with Gasteiger partial charge in [-0.2, -0.15) is 5.10 Å². The Labute approximate surface area is 224 Å². The summed E-state index contributed by atoms with van der Waals surface area (Å²) >= 11 is 0. The molecule has 1 aliphatic heterocycles. The summed E-state index contributed by atoms with van der Waals surface area (Å²) in [6, 6.07) is 16.2. The summed E-state index contributed by atoms with van der Waals surface area (Å²) in [5.74, 6) is -0.875. The van der Waals surface area contributed by atoms with Gasteiger partial charge in [0.05, 0.1) is 41.4 Å². The molecule has 8 nitrogen and oxygen atoms in total. The van der Waals surface area contributed by atoms with E-state index in [1.807, 2.05) is 68.4 Å². The maximum atomic E-state index is 13.5. The van der Waals surface area contributed by atoms with Crippen LogP contribution in [0.2, 0.25) is 0 Å². The van der Waals surface area contributed by atoms with Crippen LogP contribution in [0, 0.1) is 6.92 Å². The average Bonchev–Trinajstić information content (AvgIpc) is 3.45. The molecule has 0 radical (unpaired) electrons. The van der Waals surface area contributed by atoms with Gasteiger partial charge in [0.15, 0.2) is 0 Å². The van der Waals surface area contributed by atoms with Crippen molar-refractivity contribution in [3.8, 4) is 11.4 Å². The Balaban J connectivity index is 1.81. The molecule has 38 heavy (non-hydrogen) atoms. The molecule has 4 rings (SSSR count). The summed E-state index contributed by atoms with van der Waals surface area (Å²) in [5.41, 5.74) is 2.70. The highest BCUT2D eigenvalue weighted by atomic mass is 16.5. The van der Waals surface area contributed by atoms with Crippen molar-refractivity contribution in [3.63, 3.8) is 0 Å². The number of ketones is 1. The molecule has 1 aromatic heterocycles. The van der Waals surface area contributed by atoms with Crippen LogP contribution < -0.4 is 4.74 Å². The topological polar surface area (TPSA) is 87.9 Å². The van der Waals surface area contributed by atoms with E-state index < -0.39 is 17.7 Å². The van der Waals surface area contributed by atoms with Gasteiger partial charge in [-0.3, -0.25) is 9.59 Å². The fraction of sp³-hybridized carbons (Fsp3) is 0.367. The van der Waals surface area contributed by atoms with Crippen LogP contribution >= 0.6 is 0 Å². The molecule has 1 saturated heterocycles. The molecule has 1 atom stereocenters. The SMILES string of the molecule is CCCOc1cccc(C2/C(=C(\O)c3cnn(-c4ccccc4)c3C)C(=O)C(=O)N2CCN(CC)CC)c1. The standard InChI is InChI=1S/C30H36N4O4/c1-5-18-38-24-15-11-12-22(19-24)27-26(29(36)30(37)33(27)17-16-32(6-2)7-3)28(35)25-20-31-34(21(25)4)23-13-9-8-10-14-23/h8-15,19-20,27,35H,5-7,16-18H2,1-4H3/b28-26+. The van der Waals surface area contributed by atoms with E-state index in [2.05, 4.69) is 23.8 Å². The summed E-state index contributed by atoms with van der Waals surface area (Å²) in [4.78, 5) is 30.6. The number of carbonyl (C=O) groups excluding carboxylic acids is 2. The number of likely N-dealkylation sites (N-methyl/N-ethyl adjacent to an activating group) is 1. The number of aliphatic hydroxyl groups is 1. The van der Waals surface area contributed by atoms with Crippen molar-refractivity contribution in [2.75, 3.05) is 32.8 Å². The van der Waals surface area contributed by atoms with Crippen LogP contribution in [0.15, 0.2) is 66.4 Å². The minimum atomic E-state index is -0.741. The van der Waals surface area contributed by atoms with Crippen molar-refractivity contribution >= 4 is 17.4 Å². The third kappa shape index (κ3) is 5.36. The van der Waals surface area contributed by atoms with Crippen LogP contribution in [0.1, 0.15) is 50.1 Å². The first-order chi connectivity index (χ1) is 18.4. The molecule has 1 amide bonds. The van der Waals surface area contributed by atoms with Gasteiger partial charge in [-0.25, -0.2) is 4.68 Å². The van der Waals surface area contributed by atoms with Gasteiger partial charge in [0.25, 0.3) is 11.7 Å². The van der Waals surface area contributed by atoms with Gasteiger partial charge in [-0.1, -0.05) is 51.1 Å². The molecular weight excluding hydrogens is 480 g/mol. The lowest BCUT2D eigenvalue weighted by Crippen LogP contribution is -2.38. The Kier molecular flexibility index (Phi) is 8.63. The maximum Gasteiger partial charge on any atom is 0.295 e. The first kappa shape index (κ1) is 27.1. The zero-order chi connectivity index (χ0) is 27.2. The van der Waals surface area contributed by atoms with E-state index in [1.54, 1.807) is 15.8 Å². The van der Waals surface area contributed by atoms with Crippen LogP contribution in [-0.2, 0) is 9.59 Å². The molecule has 1 unspecified atom stereocenters. The van der Waals surface area contributed by atoms with Crippen molar-refractivity contribution in [2.24, 2.45) is 0 Å². The van der Waals surface area contributed by atoms with Crippen LogP contribution in [0.5, 0.6) is 5.75 Å². The Bertz CT molecular complexity index is 1310. The normalized spacial score (nSPS) is 17.0. The van der Waals surface area contributed by atoms with Gasteiger partial charge < -0.3 is 19.6 Å². The lowest BCUT2D eigenvalue weighted by molar-refractivity contribution is -0.140. The molecule has 1 fully saturated rings. The number of benzene rings is 2. The molecule has 0 spiro atoms. The van der Waals surface area contributed by atoms with E-state index in [0.717, 1.165) is 25.2 Å². The van der Waals surface area contributed by atoms with E-state index in [9.17, 15) is 14.7 Å². The number of amides is 1. The number of hydrogen-bond donors (Lipinski definition) is 1. The first-order valence-corrected chi connectivity index (χ1v) is 13.2. The number of likely N-dealkylation sites (tertiary alicyclic amines) is 1. The van der Waals surface area contributed by atoms with E-state index in [-0.39, 0.29) is 11.3 Å². The van der Waals surface area contributed by atoms with Crippen molar-refractivity contribution in [3.05, 3.63) is 83.2 Å². The number of Topliss-reactive ketones (excluding diaryl/α,β-unsaturated/α-hetero) is 1. The summed E-state index contributed by atoms with van der Waals surface area (Å²) in [7, 11) is 0. The molecule has 1 aliphatic rings. The average molecular weight is 517 g/mol. The Morgan fingerprint density at radius 1 is 1.05 bits per heavy atom. The monoisotopic (exact) mass is 516 g/mol. The number of hydrogen-bond acceptors (Lipinski definition) is 6. The lowest BCUT2D eigenvalue weighted by Gasteiger charge is -2.28. The maximum absolute atomic E-state index is 13.5. The lowest BCUT2D eigenvalue weighted by atomic mass is 9.95. The van der Waals surface area contributed by atoms with Gasteiger partial charge in [0.1, 0.15) is 11.5 Å². The zero-order valence-electron chi connectivity index (χ0n) is 22.6. The van der Waals surface area contributed by atoms with Gasteiger partial charge in [0, 0.05) is 13.1 Å². The molecule has 200 valence electrons. The van der Waals surface area contributed by atoms with E-state index in [0.29, 0.717) is 42.3 Å². The highest BCUT2D eigenvalue weighted by Crippen LogP contribution is 2.40. The Hall–Kier alpha value is -3.91. The van der Waals surface area contributed by atoms with Crippen molar-refractivity contribution in [1.29, 1.82) is 0 Å². The molecule has 0 aliphatic carbocycles. The first-order valence-electron chi connectivity index (χ1n) is 13.2. The summed E-state index contributed by atoms with van der Waals surface area (Å²) < 4.78 is 7.55. The summed E-state index contributed by atoms with van der Waals surface area (Å²) in [6.45, 7) is 11.2. The molecular formula is C30H36N4O4. The van der Waals surface area contributed by atoms with Crippen LogP contribution in [-0.4, -0.2) is 69.2 Å². The third-order valence-electron chi connectivity index (χ3n) is 7.00.